The average Bonchev–Trinajstić information content (AvgIpc) is 2.72. The molecule has 2 saturated carbocycles. The van der Waals surface area contributed by atoms with E-state index in [0.717, 1.165) is 5.92 Å². The van der Waals surface area contributed by atoms with E-state index in [0.29, 0.717) is 22.9 Å². The Kier molecular flexibility index (Phi) is 3.25. The lowest BCUT2D eigenvalue weighted by molar-refractivity contribution is 0.116. The molecule has 2 fully saturated rings. The van der Waals surface area contributed by atoms with Gasteiger partial charge in [0.1, 0.15) is 0 Å². The van der Waals surface area contributed by atoms with Crippen LogP contribution < -0.4 is 5.32 Å². The van der Waals surface area contributed by atoms with Crippen molar-refractivity contribution in [3.8, 4) is 0 Å². The molecule has 0 aliphatic heterocycles. The SMILES string of the molecule is Cc1ccc([C@@H](C)NC2CC3CCC2(C)C3(C)C)cc1. The lowest BCUT2D eigenvalue weighted by Gasteiger charge is -2.40. The minimum absolute atomic E-state index is 0.451. The molecule has 1 nitrogen and oxygen atoms in total. The van der Waals surface area contributed by atoms with Crippen LogP contribution in [0.2, 0.25) is 0 Å². The maximum Gasteiger partial charge on any atom is 0.0294 e. The first-order valence-electron chi connectivity index (χ1n) is 8.17. The lowest BCUT2D eigenvalue weighted by Crippen LogP contribution is -2.45. The monoisotopic (exact) mass is 271 g/mol. The number of rotatable bonds is 3. The second-order valence-corrected chi connectivity index (χ2v) is 7.96. The van der Waals surface area contributed by atoms with Gasteiger partial charge in [0.15, 0.2) is 0 Å². The van der Waals surface area contributed by atoms with E-state index in [-0.39, 0.29) is 0 Å². The van der Waals surface area contributed by atoms with E-state index >= 15 is 0 Å². The summed E-state index contributed by atoms with van der Waals surface area (Å²) in [6.07, 6.45) is 4.18. The summed E-state index contributed by atoms with van der Waals surface area (Å²) in [6, 6.07) is 10.1. The van der Waals surface area contributed by atoms with E-state index in [4.69, 9.17) is 0 Å². The highest BCUT2D eigenvalue weighted by molar-refractivity contribution is 5.24. The zero-order valence-electron chi connectivity index (χ0n) is 13.7. The summed E-state index contributed by atoms with van der Waals surface area (Å²) >= 11 is 0. The van der Waals surface area contributed by atoms with Gasteiger partial charge in [0.2, 0.25) is 0 Å². The third-order valence-electron chi connectivity index (χ3n) is 6.82. The van der Waals surface area contributed by atoms with Crippen LogP contribution in [0.25, 0.3) is 0 Å². The van der Waals surface area contributed by atoms with Crippen LogP contribution in [0.4, 0.5) is 0 Å². The molecule has 2 aliphatic rings. The average molecular weight is 271 g/mol. The number of hydrogen-bond donors (Lipinski definition) is 1. The van der Waals surface area contributed by atoms with Gasteiger partial charge in [-0.15, -0.1) is 0 Å². The molecule has 0 saturated heterocycles. The molecule has 0 radical (unpaired) electrons. The van der Waals surface area contributed by atoms with Crippen molar-refractivity contribution in [3.63, 3.8) is 0 Å². The van der Waals surface area contributed by atoms with Gasteiger partial charge in [-0.25, -0.2) is 0 Å². The Bertz CT molecular complexity index is 487. The Labute approximate surface area is 124 Å². The Hall–Kier alpha value is -0.820. The van der Waals surface area contributed by atoms with Crippen LogP contribution >= 0.6 is 0 Å². The van der Waals surface area contributed by atoms with E-state index in [9.17, 15) is 0 Å². The highest BCUT2D eigenvalue weighted by Crippen LogP contribution is 2.65. The topological polar surface area (TPSA) is 12.0 Å². The van der Waals surface area contributed by atoms with Gasteiger partial charge in [0.25, 0.3) is 0 Å². The van der Waals surface area contributed by atoms with Crippen molar-refractivity contribution in [2.75, 3.05) is 0 Å². The molecule has 0 spiro atoms. The highest BCUT2D eigenvalue weighted by atomic mass is 15.0. The minimum Gasteiger partial charge on any atom is -0.307 e. The Morgan fingerprint density at radius 3 is 2.30 bits per heavy atom. The van der Waals surface area contributed by atoms with E-state index < -0.39 is 0 Å². The van der Waals surface area contributed by atoms with Crippen LogP contribution in [0, 0.1) is 23.7 Å². The predicted octanol–water partition coefficient (Wildman–Crippen LogP) is 4.86. The van der Waals surface area contributed by atoms with Gasteiger partial charge >= 0.3 is 0 Å². The molecule has 2 bridgehead atoms. The molecule has 110 valence electrons. The van der Waals surface area contributed by atoms with Crippen LogP contribution in [0.15, 0.2) is 24.3 Å². The highest BCUT2D eigenvalue weighted by Gasteiger charge is 2.61. The lowest BCUT2D eigenvalue weighted by atomic mass is 9.69. The van der Waals surface area contributed by atoms with E-state index in [2.05, 4.69) is 64.2 Å². The molecule has 1 aromatic carbocycles. The summed E-state index contributed by atoms with van der Waals surface area (Å²) in [7, 11) is 0. The summed E-state index contributed by atoms with van der Waals surface area (Å²) in [4.78, 5) is 0. The first-order valence-corrected chi connectivity index (χ1v) is 8.17. The van der Waals surface area contributed by atoms with E-state index in [1.54, 1.807) is 0 Å². The maximum absolute atomic E-state index is 3.94. The molecule has 4 atom stereocenters. The van der Waals surface area contributed by atoms with Crippen LogP contribution in [-0.4, -0.2) is 6.04 Å². The summed E-state index contributed by atoms with van der Waals surface area (Å²) in [5.41, 5.74) is 3.72. The Morgan fingerprint density at radius 2 is 1.80 bits per heavy atom. The van der Waals surface area contributed by atoms with Crippen LogP contribution in [0.5, 0.6) is 0 Å². The van der Waals surface area contributed by atoms with Crippen molar-refractivity contribution in [2.24, 2.45) is 16.7 Å². The van der Waals surface area contributed by atoms with Gasteiger partial charge in [0.05, 0.1) is 0 Å². The minimum atomic E-state index is 0.451. The normalized spacial score (nSPS) is 36.2. The molecular weight excluding hydrogens is 242 g/mol. The fraction of sp³-hybridized carbons (Fsp3) is 0.684. The van der Waals surface area contributed by atoms with Crippen molar-refractivity contribution < 1.29 is 0 Å². The van der Waals surface area contributed by atoms with Crippen molar-refractivity contribution in [2.45, 2.75) is 66.0 Å². The molecule has 3 unspecified atom stereocenters. The largest absolute Gasteiger partial charge is 0.307 e. The summed E-state index contributed by atoms with van der Waals surface area (Å²) < 4.78 is 0. The van der Waals surface area contributed by atoms with Crippen molar-refractivity contribution in [1.82, 2.24) is 5.32 Å². The number of benzene rings is 1. The van der Waals surface area contributed by atoms with Gasteiger partial charge in [-0.3, -0.25) is 0 Å². The van der Waals surface area contributed by atoms with Gasteiger partial charge in [-0.1, -0.05) is 50.6 Å². The number of aryl methyl sites for hydroxylation is 1. The first-order chi connectivity index (χ1) is 9.34. The Morgan fingerprint density at radius 1 is 1.15 bits per heavy atom. The quantitative estimate of drug-likeness (QED) is 0.827. The third-order valence-corrected chi connectivity index (χ3v) is 6.82. The van der Waals surface area contributed by atoms with Crippen molar-refractivity contribution in [3.05, 3.63) is 35.4 Å². The molecule has 20 heavy (non-hydrogen) atoms. The molecule has 1 aromatic rings. The predicted molar refractivity (Wildman–Crippen MR) is 85.7 cm³/mol. The molecule has 0 aromatic heterocycles. The van der Waals surface area contributed by atoms with E-state index in [1.807, 2.05) is 0 Å². The zero-order chi connectivity index (χ0) is 14.5. The Balaban J connectivity index is 1.75. The fourth-order valence-electron chi connectivity index (χ4n) is 4.71. The molecule has 1 N–H and O–H groups in total. The van der Waals surface area contributed by atoms with Crippen LogP contribution in [0.1, 0.15) is 64.1 Å². The van der Waals surface area contributed by atoms with Crippen LogP contribution in [0.3, 0.4) is 0 Å². The van der Waals surface area contributed by atoms with E-state index in [1.165, 1.54) is 30.4 Å². The molecular formula is C19H29N. The van der Waals surface area contributed by atoms with Crippen LogP contribution in [-0.2, 0) is 0 Å². The standard InChI is InChI=1S/C19H29N/c1-13-6-8-15(9-7-13)14(2)20-17-12-16-10-11-19(17,5)18(16,3)4/h6-9,14,16-17,20H,10-12H2,1-5H3/t14-,16?,17?,19?/m1/s1. The maximum atomic E-state index is 3.94. The molecule has 2 aliphatic carbocycles. The van der Waals surface area contributed by atoms with Gasteiger partial charge in [-0.05, 0) is 55.4 Å². The van der Waals surface area contributed by atoms with Gasteiger partial charge < -0.3 is 5.32 Å². The summed E-state index contributed by atoms with van der Waals surface area (Å²) in [5.74, 6) is 0.912. The summed E-state index contributed by atoms with van der Waals surface area (Å²) in [6.45, 7) is 12.0. The molecule has 1 heteroatoms. The second kappa shape index (κ2) is 4.59. The number of nitrogens with one attached hydrogen (secondary N) is 1. The fourth-order valence-corrected chi connectivity index (χ4v) is 4.71. The zero-order valence-corrected chi connectivity index (χ0v) is 13.7. The molecule has 3 rings (SSSR count). The first kappa shape index (κ1) is 14.1. The van der Waals surface area contributed by atoms with Crippen molar-refractivity contribution >= 4 is 0 Å². The second-order valence-electron chi connectivity index (χ2n) is 7.96. The van der Waals surface area contributed by atoms with Gasteiger partial charge in [-0.2, -0.15) is 0 Å². The number of hydrogen-bond acceptors (Lipinski definition) is 1. The number of fused-ring (bicyclic) bond motifs is 2. The third kappa shape index (κ3) is 1.94. The van der Waals surface area contributed by atoms with Gasteiger partial charge in [0, 0.05) is 12.1 Å². The smallest absolute Gasteiger partial charge is 0.0294 e. The van der Waals surface area contributed by atoms with Crippen molar-refractivity contribution in [1.29, 1.82) is 0 Å². The summed E-state index contributed by atoms with van der Waals surface area (Å²) in [5, 5.41) is 3.94. The molecule has 0 amide bonds. The molecule has 0 heterocycles.